The van der Waals surface area contributed by atoms with Gasteiger partial charge in [0, 0.05) is 36.2 Å². The number of alkyl halides is 3. The van der Waals surface area contributed by atoms with Crippen molar-refractivity contribution in [1.82, 2.24) is 9.88 Å². The second-order valence-electron chi connectivity index (χ2n) is 5.33. The Labute approximate surface area is 114 Å². The fourth-order valence-electron chi connectivity index (χ4n) is 3.10. The number of anilines is 1. The highest BCUT2D eigenvalue weighted by molar-refractivity contribution is 7.15. The van der Waals surface area contributed by atoms with Gasteiger partial charge in [0.05, 0.1) is 6.54 Å². The molecule has 2 bridgehead atoms. The Balaban J connectivity index is 1.71. The number of piperazine rings is 1. The van der Waals surface area contributed by atoms with E-state index in [1.54, 1.807) is 16.2 Å². The summed E-state index contributed by atoms with van der Waals surface area (Å²) in [7, 11) is 0. The molecule has 3 heterocycles. The maximum Gasteiger partial charge on any atom is 0.401 e. The molecule has 0 saturated carbocycles. The molecule has 0 aliphatic carbocycles. The fourth-order valence-corrected chi connectivity index (χ4v) is 3.88. The monoisotopic (exact) mass is 291 g/mol. The molecule has 3 rings (SSSR count). The van der Waals surface area contributed by atoms with Crippen molar-refractivity contribution in [2.45, 2.75) is 38.0 Å². The van der Waals surface area contributed by atoms with E-state index in [1.807, 2.05) is 13.1 Å². The second-order valence-corrected chi connectivity index (χ2v) is 6.54. The average Bonchev–Trinajstić information content (AvgIpc) is 2.80. The predicted molar refractivity (Wildman–Crippen MR) is 68.6 cm³/mol. The van der Waals surface area contributed by atoms with Crippen LogP contribution in [0.4, 0.5) is 18.3 Å². The molecular formula is C12H16F3N3S. The minimum Gasteiger partial charge on any atom is -0.345 e. The lowest BCUT2D eigenvalue weighted by molar-refractivity contribution is -0.153. The van der Waals surface area contributed by atoms with E-state index in [1.165, 1.54) is 0 Å². The van der Waals surface area contributed by atoms with Crippen molar-refractivity contribution in [3.63, 3.8) is 0 Å². The van der Waals surface area contributed by atoms with E-state index in [0.717, 1.165) is 22.9 Å². The van der Waals surface area contributed by atoms with Gasteiger partial charge in [0.2, 0.25) is 0 Å². The van der Waals surface area contributed by atoms with Crippen LogP contribution < -0.4 is 4.90 Å². The van der Waals surface area contributed by atoms with Crippen LogP contribution >= 0.6 is 11.3 Å². The molecule has 0 radical (unpaired) electrons. The van der Waals surface area contributed by atoms with Gasteiger partial charge in [-0.15, -0.1) is 11.3 Å². The molecule has 0 aromatic carbocycles. The van der Waals surface area contributed by atoms with Gasteiger partial charge in [-0.1, -0.05) is 0 Å². The third-order valence-electron chi connectivity index (χ3n) is 3.87. The number of fused-ring (bicyclic) bond motifs is 2. The second kappa shape index (κ2) is 4.63. The Kier molecular flexibility index (Phi) is 3.21. The number of aryl methyl sites for hydroxylation is 1. The van der Waals surface area contributed by atoms with Crippen LogP contribution in [0.1, 0.15) is 17.7 Å². The van der Waals surface area contributed by atoms with Crippen LogP contribution in [0, 0.1) is 6.92 Å². The van der Waals surface area contributed by atoms with Gasteiger partial charge in [-0.05, 0) is 19.8 Å². The number of thiazole rings is 1. The van der Waals surface area contributed by atoms with Crippen LogP contribution in [-0.2, 0) is 0 Å². The third-order valence-corrected chi connectivity index (χ3v) is 4.85. The van der Waals surface area contributed by atoms with Crippen LogP contribution in [0.3, 0.4) is 0 Å². The zero-order valence-electron chi connectivity index (χ0n) is 10.7. The summed E-state index contributed by atoms with van der Waals surface area (Å²) in [5.41, 5.74) is 0. The quantitative estimate of drug-likeness (QED) is 0.835. The van der Waals surface area contributed by atoms with Crippen molar-refractivity contribution in [3.8, 4) is 0 Å². The molecule has 2 aliphatic heterocycles. The molecule has 7 heteroatoms. The lowest BCUT2D eigenvalue weighted by atomic mass is 10.2. The Bertz CT molecular complexity index is 445. The number of hydrogen-bond donors (Lipinski definition) is 0. The highest BCUT2D eigenvalue weighted by atomic mass is 32.1. The number of halogens is 3. The SMILES string of the molecule is Cc1cnc(N2CC3CCC(C2)N3CC(F)(F)F)s1. The maximum absolute atomic E-state index is 12.6. The van der Waals surface area contributed by atoms with Crippen molar-refractivity contribution in [2.24, 2.45) is 0 Å². The summed E-state index contributed by atoms with van der Waals surface area (Å²) < 4.78 is 37.7. The van der Waals surface area contributed by atoms with Gasteiger partial charge in [0.25, 0.3) is 0 Å². The van der Waals surface area contributed by atoms with Crippen molar-refractivity contribution in [2.75, 3.05) is 24.5 Å². The first kappa shape index (κ1) is 13.2. The van der Waals surface area contributed by atoms with Gasteiger partial charge in [0.1, 0.15) is 0 Å². The molecule has 0 amide bonds. The predicted octanol–water partition coefficient (Wildman–Crippen LogP) is 2.67. The Morgan fingerprint density at radius 1 is 1.32 bits per heavy atom. The molecule has 19 heavy (non-hydrogen) atoms. The summed E-state index contributed by atoms with van der Waals surface area (Å²) in [6.07, 6.45) is -0.548. The molecule has 2 saturated heterocycles. The molecule has 2 fully saturated rings. The summed E-state index contributed by atoms with van der Waals surface area (Å²) >= 11 is 1.61. The first-order chi connectivity index (χ1) is 8.92. The number of hydrogen-bond acceptors (Lipinski definition) is 4. The van der Waals surface area contributed by atoms with Crippen molar-refractivity contribution in [1.29, 1.82) is 0 Å². The van der Waals surface area contributed by atoms with E-state index in [-0.39, 0.29) is 12.1 Å². The molecule has 2 unspecified atom stereocenters. The first-order valence-corrected chi connectivity index (χ1v) is 7.24. The van der Waals surface area contributed by atoms with Crippen LogP contribution in [0.2, 0.25) is 0 Å². The average molecular weight is 291 g/mol. The highest BCUT2D eigenvalue weighted by Gasteiger charge is 2.45. The normalized spacial score (nSPS) is 28.1. The molecule has 106 valence electrons. The Morgan fingerprint density at radius 3 is 2.42 bits per heavy atom. The summed E-state index contributed by atoms with van der Waals surface area (Å²) in [4.78, 5) is 9.26. The van der Waals surface area contributed by atoms with Gasteiger partial charge in [-0.3, -0.25) is 4.90 Å². The van der Waals surface area contributed by atoms with Crippen molar-refractivity contribution >= 4 is 16.5 Å². The lowest BCUT2D eigenvalue weighted by Gasteiger charge is -2.41. The third kappa shape index (κ3) is 2.72. The van der Waals surface area contributed by atoms with Gasteiger partial charge in [-0.2, -0.15) is 13.2 Å². The standard InChI is InChI=1S/C12H16F3N3S/c1-8-4-16-11(19-8)17-5-9-2-3-10(6-17)18(9)7-12(13,14)15/h4,9-10H,2-3,5-7H2,1H3. The summed E-state index contributed by atoms with van der Waals surface area (Å²) in [6, 6.07) is 0.0363. The lowest BCUT2D eigenvalue weighted by Crippen LogP contribution is -2.56. The molecule has 1 aromatic rings. The van der Waals surface area contributed by atoms with E-state index in [0.29, 0.717) is 13.1 Å². The van der Waals surface area contributed by atoms with Crippen LogP contribution in [-0.4, -0.2) is 47.8 Å². The molecule has 0 spiro atoms. The van der Waals surface area contributed by atoms with Crippen molar-refractivity contribution in [3.05, 3.63) is 11.1 Å². The van der Waals surface area contributed by atoms with E-state index in [2.05, 4.69) is 9.88 Å². The Morgan fingerprint density at radius 2 is 1.95 bits per heavy atom. The van der Waals surface area contributed by atoms with E-state index in [9.17, 15) is 13.2 Å². The van der Waals surface area contributed by atoms with Crippen LogP contribution in [0.15, 0.2) is 6.20 Å². The van der Waals surface area contributed by atoms with Gasteiger partial charge in [-0.25, -0.2) is 4.98 Å². The van der Waals surface area contributed by atoms with Gasteiger partial charge in [0.15, 0.2) is 5.13 Å². The zero-order chi connectivity index (χ0) is 13.6. The summed E-state index contributed by atoms with van der Waals surface area (Å²) in [5.74, 6) is 0. The first-order valence-electron chi connectivity index (χ1n) is 6.42. The fraction of sp³-hybridized carbons (Fsp3) is 0.750. The number of nitrogens with zero attached hydrogens (tertiary/aromatic N) is 3. The number of aromatic nitrogens is 1. The minimum atomic E-state index is -4.10. The summed E-state index contributed by atoms with van der Waals surface area (Å²) in [5, 5.41) is 0.945. The van der Waals surface area contributed by atoms with E-state index in [4.69, 9.17) is 0 Å². The smallest absolute Gasteiger partial charge is 0.345 e. The van der Waals surface area contributed by atoms with Gasteiger partial charge < -0.3 is 4.90 Å². The molecular weight excluding hydrogens is 275 g/mol. The van der Waals surface area contributed by atoms with Crippen LogP contribution in [0.25, 0.3) is 0 Å². The number of rotatable bonds is 2. The van der Waals surface area contributed by atoms with Crippen LogP contribution in [0.5, 0.6) is 0 Å². The minimum absolute atomic E-state index is 0.0181. The molecule has 2 aliphatic rings. The van der Waals surface area contributed by atoms with Gasteiger partial charge >= 0.3 is 6.18 Å². The molecule has 1 aromatic heterocycles. The van der Waals surface area contributed by atoms with Crippen molar-refractivity contribution < 1.29 is 13.2 Å². The Hall–Kier alpha value is -0.820. The topological polar surface area (TPSA) is 19.4 Å². The van der Waals surface area contributed by atoms with E-state index >= 15 is 0 Å². The summed E-state index contributed by atoms with van der Waals surface area (Å²) in [6.45, 7) is 2.56. The van der Waals surface area contributed by atoms with E-state index < -0.39 is 12.7 Å². The zero-order valence-corrected chi connectivity index (χ0v) is 11.5. The molecule has 0 N–H and O–H groups in total. The largest absolute Gasteiger partial charge is 0.401 e. The molecule has 3 nitrogen and oxygen atoms in total. The maximum atomic E-state index is 12.6. The highest BCUT2D eigenvalue weighted by Crippen LogP contribution is 2.35. The molecule has 2 atom stereocenters.